The van der Waals surface area contributed by atoms with Gasteiger partial charge in [-0.1, -0.05) is 6.07 Å². The van der Waals surface area contributed by atoms with Crippen molar-refractivity contribution in [1.29, 1.82) is 0 Å². The number of amides is 1. The third kappa shape index (κ3) is 2.73. The van der Waals surface area contributed by atoms with E-state index in [0.717, 1.165) is 18.7 Å². The SMILES string of the molecule is CO[C@@H]1C[C@@H](c2nc(C3CC3)n[nH]2)N(C(=O)c2cccc(=O)[nH]2)C1. The Morgan fingerprint density at radius 3 is 2.92 bits per heavy atom. The lowest BCUT2D eigenvalue weighted by molar-refractivity contribution is 0.0678. The fraction of sp³-hybridized carbons (Fsp3) is 0.500. The molecule has 1 aliphatic heterocycles. The van der Waals surface area contributed by atoms with Crippen LogP contribution in [0.4, 0.5) is 0 Å². The van der Waals surface area contributed by atoms with E-state index in [2.05, 4.69) is 20.2 Å². The second-order valence-electron chi connectivity index (χ2n) is 6.35. The zero-order chi connectivity index (χ0) is 16.7. The van der Waals surface area contributed by atoms with Crippen LogP contribution >= 0.6 is 0 Å². The molecule has 0 aromatic carbocycles. The summed E-state index contributed by atoms with van der Waals surface area (Å²) in [6.45, 7) is 0.455. The van der Waals surface area contributed by atoms with E-state index in [1.807, 2.05) is 0 Å². The molecule has 2 N–H and O–H groups in total. The average Bonchev–Trinajstić information content (AvgIpc) is 3.17. The van der Waals surface area contributed by atoms with Gasteiger partial charge in [0.15, 0.2) is 5.82 Å². The van der Waals surface area contributed by atoms with Crippen LogP contribution in [-0.4, -0.2) is 50.7 Å². The topological polar surface area (TPSA) is 104 Å². The Morgan fingerprint density at radius 1 is 1.38 bits per heavy atom. The Bertz CT molecular complexity index is 810. The van der Waals surface area contributed by atoms with Crippen molar-refractivity contribution in [3.05, 3.63) is 45.9 Å². The fourth-order valence-corrected chi connectivity index (χ4v) is 3.14. The first-order valence-electron chi connectivity index (χ1n) is 8.11. The number of H-pyrrole nitrogens is 2. The predicted octanol–water partition coefficient (Wildman–Crippen LogP) is 0.973. The minimum Gasteiger partial charge on any atom is -0.380 e. The zero-order valence-electron chi connectivity index (χ0n) is 13.4. The Morgan fingerprint density at radius 2 is 2.21 bits per heavy atom. The summed E-state index contributed by atoms with van der Waals surface area (Å²) in [6.07, 6.45) is 2.83. The highest BCUT2D eigenvalue weighted by Gasteiger charge is 2.39. The van der Waals surface area contributed by atoms with Crippen molar-refractivity contribution >= 4 is 5.91 Å². The maximum Gasteiger partial charge on any atom is 0.271 e. The zero-order valence-corrected chi connectivity index (χ0v) is 13.4. The molecule has 8 heteroatoms. The Balaban J connectivity index is 1.63. The fourth-order valence-electron chi connectivity index (χ4n) is 3.14. The number of carbonyl (C=O) groups is 1. The lowest BCUT2D eigenvalue weighted by atomic mass is 10.2. The summed E-state index contributed by atoms with van der Waals surface area (Å²) in [4.78, 5) is 33.2. The highest BCUT2D eigenvalue weighted by molar-refractivity contribution is 5.92. The molecule has 2 fully saturated rings. The van der Waals surface area contributed by atoms with Gasteiger partial charge in [-0.2, -0.15) is 5.10 Å². The maximum atomic E-state index is 12.8. The Labute approximate surface area is 138 Å². The number of hydrogen-bond donors (Lipinski definition) is 2. The van der Waals surface area contributed by atoms with Gasteiger partial charge in [0.25, 0.3) is 5.91 Å². The van der Waals surface area contributed by atoms with Crippen molar-refractivity contribution in [3.63, 3.8) is 0 Å². The number of rotatable bonds is 4. The van der Waals surface area contributed by atoms with Gasteiger partial charge in [-0.15, -0.1) is 0 Å². The Kier molecular flexibility index (Phi) is 3.68. The molecule has 2 aromatic heterocycles. The van der Waals surface area contributed by atoms with E-state index in [1.54, 1.807) is 24.1 Å². The van der Waals surface area contributed by atoms with Gasteiger partial charge < -0.3 is 14.6 Å². The van der Waals surface area contributed by atoms with Crippen molar-refractivity contribution < 1.29 is 9.53 Å². The molecule has 8 nitrogen and oxygen atoms in total. The molecule has 0 radical (unpaired) electrons. The molecule has 4 rings (SSSR count). The van der Waals surface area contributed by atoms with Crippen LogP contribution in [0.2, 0.25) is 0 Å². The van der Waals surface area contributed by atoms with Gasteiger partial charge in [0.1, 0.15) is 11.5 Å². The summed E-state index contributed by atoms with van der Waals surface area (Å²) in [7, 11) is 1.64. The molecule has 3 heterocycles. The smallest absolute Gasteiger partial charge is 0.271 e. The molecular formula is C16H19N5O3. The van der Waals surface area contributed by atoms with Crippen molar-refractivity contribution in [2.24, 2.45) is 0 Å². The summed E-state index contributed by atoms with van der Waals surface area (Å²) in [6, 6.07) is 4.34. The van der Waals surface area contributed by atoms with Gasteiger partial charge in [-0.3, -0.25) is 14.7 Å². The number of ether oxygens (including phenoxy) is 1. The number of hydrogen-bond acceptors (Lipinski definition) is 5. The molecule has 126 valence electrons. The van der Waals surface area contributed by atoms with Gasteiger partial charge >= 0.3 is 0 Å². The largest absolute Gasteiger partial charge is 0.380 e. The Hall–Kier alpha value is -2.48. The molecule has 1 saturated carbocycles. The van der Waals surface area contributed by atoms with E-state index in [4.69, 9.17) is 4.74 Å². The van der Waals surface area contributed by atoms with E-state index in [9.17, 15) is 9.59 Å². The van der Waals surface area contributed by atoms with Crippen LogP contribution in [0, 0.1) is 0 Å². The van der Waals surface area contributed by atoms with Gasteiger partial charge in [0.2, 0.25) is 5.56 Å². The van der Waals surface area contributed by atoms with Gasteiger partial charge in [0, 0.05) is 32.1 Å². The maximum absolute atomic E-state index is 12.8. The van der Waals surface area contributed by atoms with Crippen LogP contribution in [0.25, 0.3) is 0 Å². The summed E-state index contributed by atoms with van der Waals surface area (Å²) < 4.78 is 5.44. The van der Waals surface area contributed by atoms with Crippen LogP contribution in [-0.2, 0) is 4.74 Å². The third-order valence-corrected chi connectivity index (χ3v) is 4.63. The average molecular weight is 329 g/mol. The van der Waals surface area contributed by atoms with Crippen LogP contribution < -0.4 is 5.56 Å². The van der Waals surface area contributed by atoms with Crippen LogP contribution in [0.3, 0.4) is 0 Å². The molecule has 2 aliphatic rings. The number of methoxy groups -OCH3 is 1. The standard InChI is InChI=1S/C16H19N5O3/c1-24-10-7-12(15-18-14(19-20-15)9-5-6-9)21(8-10)16(23)11-3-2-4-13(22)17-11/h2-4,9-10,12H,5-8H2,1H3,(H,17,22)(H,18,19,20)/t10-,12+/m1/s1. The molecule has 24 heavy (non-hydrogen) atoms. The lowest BCUT2D eigenvalue weighted by Gasteiger charge is -2.22. The molecule has 2 atom stereocenters. The van der Waals surface area contributed by atoms with Crippen LogP contribution in [0.1, 0.15) is 53.4 Å². The minimum absolute atomic E-state index is 0.0659. The first kappa shape index (κ1) is 15.1. The molecule has 0 spiro atoms. The number of carbonyl (C=O) groups excluding carboxylic acids is 1. The number of nitrogens with zero attached hydrogens (tertiary/aromatic N) is 3. The molecule has 2 aromatic rings. The van der Waals surface area contributed by atoms with E-state index < -0.39 is 0 Å². The first-order chi connectivity index (χ1) is 11.7. The van der Waals surface area contributed by atoms with Crippen molar-refractivity contribution in [1.82, 2.24) is 25.1 Å². The quantitative estimate of drug-likeness (QED) is 0.870. The highest BCUT2D eigenvalue weighted by Crippen LogP contribution is 2.39. The van der Waals surface area contributed by atoms with Crippen molar-refractivity contribution in [3.8, 4) is 0 Å². The summed E-state index contributed by atoms with van der Waals surface area (Å²) in [5, 5.41) is 7.26. The minimum atomic E-state index is -0.296. The molecule has 0 unspecified atom stereocenters. The number of aromatic nitrogens is 4. The molecular weight excluding hydrogens is 310 g/mol. The molecule has 1 aliphatic carbocycles. The number of pyridine rings is 1. The molecule has 1 saturated heterocycles. The first-order valence-corrected chi connectivity index (χ1v) is 8.11. The van der Waals surface area contributed by atoms with Gasteiger partial charge in [-0.25, -0.2) is 4.98 Å². The van der Waals surface area contributed by atoms with Crippen LogP contribution in [0.5, 0.6) is 0 Å². The number of aromatic amines is 2. The highest BCUT2D eigenvalue weighted by atomic mass is 16.5. The van der Waals surface area contributed by atoms with E-state index in [-0.39, 0.29) is 29.3 Å². The number of likely N-dealkylation sites (tertiary alicyclic amines) is 1. The van der Waals surface area contributed by atoms with E-state index in [0.29, 0.717) is 24.7 Å². The molecule has 0 bridgehead atoms. The van der Waals surface area contributed by atoms with Crippen molar-refractivity contribution in [2.75, 3.05) is 13.7 Å². The summed E-state index contributed by atoms with van der Waals surface area (Å²) in [5.74, 6) is 1.72. The molecule has 1 amide bonds. The monoisotopic (exact) mass is 329 g/mol. The second-order valence-corrected chi connectivity index (χ2v) is 6.35. The normalized spacial score (nSPS) is 23.6. The third-order valence-electron chi connectivity index (χ3n) is 4.63. The summed E-state index contributed by atoms with van der Waals surface area (Å²) in [5.41, 5.74) is -0.0261. The van der Waals surface area contributed by atoms with E-state index in [1.165, 1.54) is 6.07 Å². The van der Waals surface area contributed by atoms with Gasteiger partial charge in [-0.05, 0) is 18.9 Å². The second kappa shape index (κ2) is 5.86. The van der Waals surface area contributed by atoms with Gasteiger partial charge in [0.05, 0.1) is 12.1 Å². The van der Waals surface area contributed by atoms with Crippen molar-refractivity contribution in [2.45, 2.75) is 37.3 Å². The number of nitrogens with one attached hydrogen (secondary N) is 2. The van der Waals surface area contributed by atoms with E-state index >= 15 is 0 Å². The summed E-state index contributed by atoms with van der Waals surface area (Å²) >= 11 is 0. The lowest BCUT2D eigenvalue weighted by Crippen LogP contribution is -2.33. The predicted molar refractivity (Wildman–Crippen MR) is 84.6 cm³/mol. The van der Waals surface area contributed by atoms with Crippen LogP contribution in [0.15, 0.2) is 23.0 Å².